The Balaban J connectivity index is 2.51. The second-order valence-electron chi connectivity index (χ2n) is 4.47. The van der Waals surface area contributed by atoms with E-state index in [-0.39, 0.29) is 5.75 Å². The Morgan fingerprint density at radius 2 is 1.91 bits per heavy atom. The summed E-state index contributed by atoms with van der Waals surface area (Å²) >= 11 is 0. The van der Waals surface area contributed by atoms with Crippen LogP contribution in [0.5, 0.6) is 11.5 Å². The molecular weight excluding hydrogens is 293 g/mol. The first-order chi connectivity index (χ1) is 10.4. The highest BCUT2D eigenvalue weighted by molar-refractivity contribution is 5.74. The first-order valence-corrected chi connectivity index (χ1v) is 6.68. The van der Waals surface area contributed by atoms with E-state index in [1.165, 1.54) is 12.1 Å². The van der Waals surface area contributed by atoms with Crippen LogP contribution in [0.1, 0.15) is 12.5 Å². The molecule has 0 saturated heterocycles. The maximum Gasteiger partial charge on any atom is 0.573 e. The molecule has 116 valence electrons. The Morgan fingerprint density at radius 3 is 2.55 bits per heavy atom. The van der Waals surface area contributed by atoms with Crippen LogP contribution in [-0.2, 0) is 0 Å². The van der Waals surface area contributed by atoms with E-state index in [4.69, 9.17) is 4.74 Å². The van der Waals surface area contributed by atoms with Gasteiger partial charge in [0.05, 0.1) is 6.61 Å². The molecule has 0 bridgehead atoms. The minimum Gasteiger partial charge on any atom is -0.494 e. The molecule has 2 aromatic carbocycles. The summed E-state index contributed by atoms with van der Waals surface area (Å²) < 4.78 is 47.2. The fourth-order valence-electron chi connectivity index (χ4n) is 2.03. The largest absolute Gasteiger partial charge is 0.573 e. The number of benzene rings is 2. The van der Waals surface area contributed by atoms with Crippen LogP contribution in [0.4, 0.5) is 13.2 Å². The van der Waals surface area contributed by atoms with Gasteiger partial charge in [0.2, 0.25) is 0 Å². The van der Waals surface area contributed by atoms with Gasteiger partial charge in [0, 0.05) is 5.56 Å². The van der Waals surface area contributed by atoms with Gasteiger partial charge in [-0.3, -0.25) is 0 Å². The third kappa shape index (κ3) is 4.04. The molecule has 2 nitrogen and oxygen atoms in total. The van der Waals surface area contributed by atoms with E-state index < -0.39 is 6.36 Å². The number of halogens is 3. The SMILES string of the molecule is C=Cc1ccc(OC(F)(F)F)c(-c2cccc(OCC)c2)c1. The van der Waals surface area contributed by atoms with Gasteiger partial charge in [-0.25, -0.2) is 0 Å². The number of ether oxygens (including phenoxy) is 2. The first kappa shape index (κ1) is 15.9. The first-order valence-electron chi connectivity index (χ1n) is 6.68. The fraction of sp³-hybridized carbons (Fsp3) is 0.176. The van der Waals surface area contributed by atoms with Crippen molar-refractivity contribution in [2.75, 3.05) is 6.61 Å². The fourth-order valence-corrected chi connectivity index (χ4v) is 2.03. The Kier molecular flexibility index (Phi) is 4.75. The maximum atomic E-state index is 12.6. The molecule has 0 fully saturated rings. The van der Waals surface area contributed by atoms with Crippen LogP contribution in [0.3, 0.4) is 0 Å². The van der Waals surface area contributed by atoms with Crippen LogP contribution in [0.25, 0.3) is 17.2 Å². The van der Waals surface area contributed by atoms with Crippen molar-refractivity contribution in [3.8, 4) is 22.6 Å². The summed E-state index contributed by atoms with van der Waals surface area (Å²) in [6, 6.07) is 11.2. The smallest absolute Gasteiger partial charge is 0.494 e. The lowest BCUT2D eigenvalue weighted by Gasteiger charge is -2.15. The molecule has 2 rings (SSSR count). The van der Waals surface area contributed by atoms with Gasteiger partial charge >= 0.3 is 6.36 Å². The molecule has 0 aliphatic heterocycles. The second kappa shape index (κ2) is 6.56. The van der Waals surface area contributed by atoms with Crippen molar-refractivity contribution in [1.29, 1.82) is 0 Å². The molecule has 0 aliphatic rings. The molecule has 0 radical (unpaired) electrons. The van der Waals surface area contributed by atoms with Crippen molar-refractivity contribution in [3.63, 3.8) is 0 Å². The predicted molar refractivity (Wildman–Crippen MR) is 79.8 cm³/mol. The van der Waals surface area contributed by atoms with Crippen LogP contribution >= 0.6 is 0 Å². The van der Waals surface area contributed by atoms with Gasteiger partial charge < -0.3 is 9.47 Å². The molecule has 0 aliphatic carbocycles. The van der Waals surface area contributed by atoms with Gasteiger partial charge in [0.1, 0.15) is 11.5 Å². The van der Waals surface area contributed by atoms with Crippen molar-refractivity contribution in [2.45, 2.75) is 13.3 Å². The van der Waals surface area contributed by atoms with Gasteiger partial charge in [-0.15, -0.1) is 13.2 Å². The zero-order chi connectivity index (χ0) is 16.2. The van der Waals surface area contributed by atoms with Crippen molar-refractivity contribution >= 4 is 6.08 Å². The molecule has 22 heavy (non-hydrogen) atoms. The number of rotatable bonds is 5. The zero-order valence-electron chi connectivity index (χ0n) is 12.0. The molecule has 5 heteroatoms. The van der Waals surface area contributed by atoms with Crippen molar-refractivity contribution in [3.05, 3.63) is 54.6 Å². The minimum absolute atomic E-state index is 0.258. The number of alkyl halides is 3. The number of hydrogen-bond acceptors (Lipinski definition) is 2. The van der Waals surface area contributed by atoms with Gasteiger partial charge in [0.25, 0.3) is 0 Å². The molecule has 0 unspecified atom stereocenters. The third-order valence-corrected chi connectivity index (χ3v) is 2.92. The topological polar surface area (TPSA) is 18.5 Å². The minimum atomic E-state index is -4.75. The summed E-state index contributed by atoms with van der Waals surface area (Å²) in [5.41, 5.74) is 1.61. The molecule has 0 amide bonds. The summed E-state index contributed by atoms with van der Waals surface area (Å²) in [5.74, 6) is 0.328. The molecule has 0 aromatic heterocycles. The van der Waals surface area contributed by atoms with Crippen molar-refractivity contribution in [2.24, 2.45) is 0 Å². The lowest BCUT2D eigenvalue weighted by Crippen LogP contribution is -2.17. The summed E-state index contributed by atoms with van der Waals surface area (Å²) in [6.07, 6.45) is -3.19. The van der Waals surface area contributed by atoms with Crippen LogP contribution in [-0.4, -0.2) is 13.0 Å². The Morgan fingerprint density at radius 1 is 1.14 bits per heavy atom. The van der Waals surface area contributed by atoms with E-state index in [2.05, 4.69) is 11.3 Å². The van der Waals surface area contributed by atoms with E-state index in [0.717, 1.165) is 0 Å². The maximum absolute atomic E-state index is 12.6. The van der Waals surface area contributed by atoms with Gasteiger partial charge in [-0.2, -0.15) is 0 Å². The average Bonchev–Trinajstić information content (AvgIpc) is 2.47. The molecule has 0 heterocycles. The summed E-state index contributed by atoms with van der Waals surface area (Å²) in [6.45, 7) is 5.94. The Labute approximate surface area is 126 Å². The lowest BCUT2D eigenvalue weighted by molar-refractivity contribution is -0.274. The highest BCUT2D eigenvalue weighted by Gasteiger charge is 2.32. The molecule has 0 saturated carbocycles. The van der Waals surface area contributed by atoms with Crippen LogP contribution in [0.2, 0.25) is 0 Å². The van der Waals surface area contributed by atoms with E-state index >= 15 is 0 Å². The molecule has 0 spiro atoms. The van der Waals surface area contributed by atoms with Gasteiger partial charge in [-0.05, 0) is 42.3 Å². The molecular formula is C17H15F3O2. The summed E-state index contributed by atoms with van der Waals surface area (Å²) in [5, 5.41) is 0. The van der Waals surface area contributed by atoms with E-state index in [1.807, 2.05) is 6.92 Å². The summed E-state index contributed by atoms with van der Waals surface area (Å²) in [7, 11) is 0. The van der Waals surface area contributed by atoms with Crippen LogP contribution in [0.15, 0.2) is 49.0 Å². The molecule has 2 aromatic rings. The van der Waals surface area contributed by atoms with E-state index in [9.17, 15) is 13.2 Å². The molecule has 0 N–H and O–H groups in total. The highest BCUT2D eigenvalue weighted by Crippen LogP contribution is 2.36. The standard InChI is InChI=1S/C17H15F3O2/c1-3-12-8-9-16(22-17(18,19)20)15(10-12)13-6-5-7-14(11-13)21-4-2/h3,5-11H,1,4H2,2H3. The van der Waals surface area contributed by atoms with Crippen molar-refractivity contribution in [1.82, 2.24) is 0 Å². The van der Waals surface area contributed by atoms with Gasteiger partial charge in [-0.1, -0.05) is 30.9 Å². The predicted octanol–water partition coefficient (Wildman–Crippen LogP) is 5.29. The third-order valence-electron chi connectivity index (χ3n) is 2.92. The lowest BCUT2D eigenvalue weighted by atomic mass is 10.0. The number of hydrogen-bond donors (Lipinski definition) is 0. The van der Waals surface area contributed by atoms with Crippen molar-refractivity contribution < 1.29 is 22.6 Å². The zero-order valence-corrected chi connectivity index (χ0v) is 12.0. The summed E-state index contributed by atoms with van der Waals surface area (Å²) in [4.78, 5) is 0. The van der Waals surface area contributed by atoms with Crippen LogP contribution < -0.4 is 9.47 Å². The quantitative estimate of drug-likeness (QED) is 0.747. The highest BCUT2D eigenvalue weighted by atomic mass is 19.4. The monoisotopic (exact) mass is 308 g/mol. The normalized spacial score (nSPS) is 11.1. The van der Waals surface area contributed by atoms with E-state index in [1.54, 1.807) is 36.4 Å². The van der Waals surface area contributed by atoms with E-state index in [0.29, 0.717) is 29.0 Å². The Hall–Kier alpha value is -2.43. The second-order valence-corrected chi connectivity index (χ2v) is 4.47. The van der Waals surface area contributed by atoms with Crippen LogP contribution in [0, 0.1) is 0 Å². The average molecular weight is 308 g/mol. The molecule has 0 atom stereocenters. The van der Waals surface area contributed by atoms with Gasteiger partial charge in [0.15, 0.2) is 0 Å². The Bertz CT molecular complexity index is 663.